The molecule has 4 aromatic rings. The van der Waals surface area contributed by atoms with E-state index in [4.69, 9.17) is 20.0 Å². The summed E-state index contributed by atoms with van der Waals surface area (Å²) in [5.74, 6) is 0.601. The number of hydrogen-bond acceptors (Lipinski definition) is 6. The molecule has 0 amide bonds. The van der Waals surface area contributed by atoms with Gasteiger partial charge in [0.25, 0.3) is 0 Å². The van der Waals surface area contributed by atoms with Crippen molar-refractivity contribution in [2.75, 3.05) is 0 Å². The van der Waals surface area contributed by atoms with E-state index in [-0.39, 0.29) is 11.9 Å². The SMILES string of the molecule is N#Cc1ccc(-c2ccc(OC(=O)CCCCCCCCCC(=O)Oc3ccc(-c4ccc(C#N)cc4)cc3)cc2)cc1. The normalized spacial score (nSPS) is 10.4. The summed E-state index contributed by atoms with van der Waals surface area (Å²) < 4.78 is 10.9. The molecule has 0 aliphatic heterocycles. The molecule has 216 valence electrons. The number of ether oxygens (including phenoxy) is 2. The molecule has 0 unspecified atom stereocenters. The van der Waals surface area contributed by atoms with Crippen LogP contribution in [0.25, 0.3) is 22.3 Å². The molecule has 0 fully saturated rings. The molecule has 0 spiro atoms. The average Bonchev–Trinajstić information content (AvgIpc) is 3.05. The first-order chi connectivity index (χ1) is 21.0. The van der Waals surface area contributed by atoms with Crippen LogP contribution >= 0.6 is 0 Å². The first-order valence-electron chi connectivity index (χ1n) is 14.7. The van der Waals surface area contributed by atoms with Crippen LogP contribution in [0.15, 0.2) is 97.1 Å². The summed E-state index contributed by atoms with van der Waals surface area (Å²) in [6.07, 6.45) is 7.44. The Hall–Kier alpha value is -5.20. The summed E-state index contributed by atoms with van der Waals surface area (Å²) >= 11 is 0. The molecular weight excluding hydrogens is 536 g/mol. The Morgan fingerprint density at radius 3 is 1.02 bits per heavy atom. The number of unbranched alkanes of at least 4 members (excludes halogenated alkanes) is 6. The maximum Gasteiger partial charge on any atom is 0.311 e. The van der Waals surface area contributed by atoms with Crippen molar-refractivity contribution < 1.29 is 19.1 Å². The number of nitriles is 2. The fraction of sp³-hybridized carbons (Fsp3) is 0.243. The summed E-state index contributed by atoms with van der Waals surface area (Å²) in [5.41, 5.74) is 5.22. The molecule has 0 heterocycles. The predicted octanol–water partition coefficient (Wildman–Crippen LogP) is 8.79. The first kappa shape index (κ1) is 30.8. The quantitative estimate of drug-likeness (QED) is 0.0853. The van der Waals surface area contributed by atoms with Gasteiger partial charge in [0.15, 0.2) is 0 Å². The molecule has 0 atom stereocenters. The zero-order chi connectivity index (χ0) is 30.3. The maximum atomic E-state index is 12.2. The topological polar surface area (TPSA) is 100 Å². The number of rotatable bonds is 14. The van der Waals surface area contributed by atoms with Gasteiger partial charge in [0.2, 0.25) is 0 Å². The van der Waals surface area contributed by atoms with Gasteiger partial charge in [-0.25, -0.2) is 0 Å². The first-order valence-corrected chi connectivity index (χ1v) is 14.7. The highest BCUT2D eigenvalue weighted by atomic mass is 16.5. The van der Waals surface area contributed by atoms with Gasteiger partial charge < -0.3 is 9.47 Å². The minimum atomic E-state index is -0.228. The monoisotopic (exact) mass is 570 g/mol. The molecule has 0 aliphatic rings. The molecule has 0 bridgehead atoms. The lowest BCUT2D eigenvalue weighted by atomic mass is 10.0. The second kappa shape index (κ2) is 16.3. The molecule has 4 aromatic carbocycles. The second-order valence-electron chi connectivity index (χ2n) is 10.4. The predicted molar refractivity (Wildman–Crippen MR) is 166 cm³/mol. The second-order valence-corrected chi connectivity index (χ2v) is 10.4. The molecule has 4 rings (SSSR count). The van der Waals surface area contributed by atoms with Crippen molar-refractivity contribution in [3.63, 3.8) is 0 Å². The van der Waals surface area contributed by atoms with Gasteiger partial charge >= 0.3 is 11.9 Å². The van der Waals surface area contributed by atoms with Crippen LogP contribution in [0.2, 0.25) is 0 Å². The van der Waals surface area contributed by atoms with E-state index >= 15 is 0 Å². The summed E-state index contributed by atoms with van der Waals surface area (Å²) in [6.45, 7) is 0. The van der Waals surface area contributed by atoms with E-state index in [9.17, 15) is 9.59 Å². The zero-order valence-corrected chi connectivity index (χ0v) is 24.1. The van der Waals surface area contributed by atoms with E-state index in [1.807, 2.05) is 48.5 Å². The molecule has 0 saturated heterocycles. The molecule has 6 nitrogen and oxygen atoms in total. The van der Waals surface area contributed by atoms with Crippen LogP contribution in [0.1, 0.15) is 68.9 Å². The summed E-state index contributed by atoms with van der Waals surface area (Å²) in [6, 6.07) is 33.7. The number of esters is 2. The third-order valence-corrected chi connectivity index (χ3v) is 7.13. The van der Waals surface area contributed by atoms with Crippen LogP contribution < -0.4 is 9.47 Å². The Morgan fingerprint density at radius 1 is 0.442 bits per heavy atom. The third-order valence-electron chi connectivity index (χ3n) is 7.13. The number of hydrogen-bond donors (Lipinski definition) is 0. The summed E-state index contributed by atoms with van der Waals surface area (Å²) in [5, 5.41) is 17.9. The highest BCUT2D eigenvalue weighted by Gasteiger charge is 2.08. The minimum absolute atomic E-state index is 0.228. The van der Waals surface area contributed by atoms with Crippen molar-refractivity contribution in [3.05, 3.63) is 108 Å². The Morgan fingerprint density at radius 2 is 0.721 bits per heavy atom. The average molecular weight is 571 g/mol. The molecule has 0 radical (unpaired) electrons. The van der Waals surface area contributed by atoms with Gasteiger partial charge in [0, 0.05) is 12.8 Å². The van der Waals surface area contributed by atoms with Crippen molar-refractivity contribution in [2.45, 2.75) is 57.8 Å². The van der Waals surface area contributed by atoms with Crippen molar-refractivity contribution in [2.24, 2.45) is 0 Å². The highest BCUT2D eigenvalue weighted by molar-refractivity contribution is 5.74. The van der Waals surface area contributed by atoms with E-state index in [2.05, 4.69) is 12.1 Å². The van der Waals surface area contributed by atoms with Gasteiger partial charge in [-0.3, -0.25) is 9.59 Å². The fourth-order valence-electron chi connectivity index (χ4n) is 4.69. The van der Waals surface area contributed by atoms with Crippen molar-refractivity contribution >= 4 is 11.9 Å². The Labute approximate surface area is 253 Å². The largest absolute Gasteiger partial charge is 0.427 e. The highest BCUT2D eigenvalue weighted by Crippen LogP contribution is 2.24. The summed E-state index contributed by atoms with van der Waals surface area (Å²) in [7, 11) is 0. The third kappa shape index (κ3) is 9.99. The lowest BCUT2D eigenvalue weighted by molar-refractivity contribution is -0.135. The molecule has 0 aliphatic carbocycles. The molecule has 0 N–H and O–H groups in total. The van der Waals surface area contributed by atoms with Crippen molar-refractivity contribution in [3.8, 4) is 45.9 Å². The van der Waals surface area contributed by atoms with Crippen LogP contribution in [0.5, 0.6) is 11.5 Å². The van der Waals surface area contributed by atoms with E-state index in [0.29, 0.717) is 35.5 Å². The van der Waals surface area contributed by atoms with Crippen LogP contribution in [0, 0.1) is 22.7 Å². The Kier molecular flexibility index (Phi) is 11.7. The van der Waals surface area contributed by atoms with E-state index in [1.165, 1.54) is 0 Å². The molecule has 0 saturated carbocycles. The maximum absolute atomic E-state index is 12.2. The molecule has 43 heavy (non-hydrogen) atoms. The Bertz CT molecular complexity index is 1440. The lowest BCUT2D eigenvalue weighted by Crippen LogP contribution is -2.07. The van der Waals surface area contributed by atoms with Gasteiger partial charge in [0.1, 0.15) is 11.5 Å². The number of nitrogens with zero attached hydrogens (tertiary/aromatic N) is 2. The number of benzene rings is 4. The smallest absolute Gasteiger partial charge is 0.311 e. The molecular formula is C37H34N2O4. The van der Waals surface area contributed by atoms with Crippen LogP contribution in [0.3, 0.4) is 0 Å². The van der Waals surface area contributed by atoms with E-state index < -0.39 is 0 Å². The van der Waals surface area contributed by atoms with Crippen LogP contribution in [-0.2, 0) is 9.59 Å². The van der Waals surface area contributed by atoms with Gasteiger partial charge in [0.05, 0.1) is 23.3 Å². The zero-order valence-electron chi connectivity index (χ0n) is 24.1. The molecule has 0 aromatic heterocycles. The summed E-state index contributed by atoms with van der Waals surface area (Å²) in [4.78, 5) is 24.4. The van der Waals surface area contributed by atoms with Gasteiger partial charge in [-0.15, -0.1) is 0 Å². The number of carbonyl (C=O) groups excluding carboxylic acids is 2. The van der Waals surface area contributed by atoms with Crippen LogP contribution in [0.4, 0.5) is 0 Å². The molecule has 6 heteroatoms. The minimum Gasteiger partial charge on any atom is -0.427 e. The fourth-order valence-corrected chi connectivity index (χ4v) is 4.69. The van der Waals surface area contributed by atoms with Crippen molar-refractivity contribution in [1.29, 1.82) is 10.5 Å². The standard InChI is InChI=1S/C37H34N2O4/c38-26-28-10-14-30(15-11-28)32-18-22-34(23-19-32)42-36(40)8-6-4-2-1-3-5-7-9-37(41)43-35-24-20-33(21-25-35)31-16-12-29(27-39)13-17-31/h10-25H,1-9H2. The Balaban J connectivity index is 1.02. The van der Waals surface area contributed by atoms with Gasteiger partial charge in [-0.1, -0.05) is 80.6 Å². The lowest BCUT2D eigenvalue weighted by Gasteiger charge is -2.07. The van der Waals surface area contributed by atoms with Gasteiger partial charge in [-0.05, 0) is 83.6 Å². The van der Waals surface area contributed by atoms with Crippen LogP contribution in [-0.4, -0.2) is 11.9 Å². The number of carbonyl (C=O) groups is 2. The van der Waals surface area contributed by atoms with E-state index in [0.717, 1.165) is 67.2 Å². The van der Waals surface area contributed by atoms with Crippen molar-refractivity contribution in [1.82, 2.24) is 0 Å². The van der Waals surface area contributed by atoms with Gasteiger partial charge in [-0.2, -0.15) is 10.5 Å². The van der Waals surface area contributed by atoms with E-state index in [1.54, 1.807) is 48.5 Å².